The normalized spacial score (nSPS) is 9.61. The Bertz CT molecular complexity index is 456. The first kappa shape index (κ1) is 13.6. The molecule has 0 atom stereocenters. The molecule has 1 aromatic carbocycles. The number of nitrogens with zero attached hydrogens (tertiary/aromatic N) is 1. The second kappa shape index (κ2) is 6.33. The molecule has 0 aliphatic heterocycles. The lowest BCUT2D eigenvalue weighted by Gasteiger charge is -2.04. The Labute approximate surface area is 103 Å². The summed E-state index contributed by atoms with van der Waals surface area (Å²) in [6.07, 6.45) is 0.190. The molecule has 7 nitrogen and oxygen atoms in total. The highest BCUT2D eigenvalue weighted by molar-refractivity contribution is 5.94. The maximum atomic E-state index is 11.6. The minimum Gasteiger partial charge on any atom is -0.359 e. The first-order chi connectivity index (χ1) is 8.54. The van der Waals surface area contributed by atoms with Crippen molar-refractivity contribution in [3.8, 4) is 0 Å². The molecule has 0 bridgehead atoms. The van der Waals surface area contributed by atoms with E-state index in [1.807, 2.05) is 0 Å². The van der Waals surface area contributed by atoms with Crippen LogP contribution in [0.15, 0.2) is 24.3 Å². The van der Waals surface area contributed by atoms with Crippen LogP contribution < -0.4 is 10.6 Å². The van der Waals surface area contributed by atoms with E-state index in [-0.39, 0.29) is 30.5 Å². The van der Waals surface area contributed by atoms with Gasteiger partial charge in [-0.25, -0.2) is 0 Å². The molecule has 0 aliphatic rings. The van der Waals surface area contributed by atoms with Crippen molar-refractivity contribution in [2.24, 2.45) is 0 Å². The van der Waals surface area contributed by atoms with Crippen LogP contribution in [0.1, 0.15) is 16.8 Å². The number of carbonyl (C=O) groups is 2. The molecule has 0 radical (unpaired) electrons. The van der Waals surface area contributed by atoms with Crippen molar-refractivity contribution in [2.45, 2.75) is 6.42 Å². The smallest absolute Gasteiger partial charge is 0.269 e. The number of non-ortho nitro benzene ring substituents is 1. The van der Waals surface area contributed by atoms with Gasteiger partial charge in [0.1, 0.15) is 0 Å². The maximum Gasteiger partial charge on any atom is 0.269 e. The molecule has 0 heterocycles. The Balaban J connectivity index is 2.51. The van der Waals surface area contributed by atoms with E-state index in [0.29, 0.717) is 5.56 Å². The second-order valence-electron chi connectivity index (χ2n) is 3.48. The largest absolute Gasteiger partial charge is 0.359 e. The molecule has 0 saturated heterocycles. The number of benzene rings is 1. The lowest BCUT2D eigenvalue weighted by atomic mass is 10.2. The van der Waals surface area contributed by atoms with Crippen molar-refractivity contribution in [1.29, 1.82) is 0 Å². The van der Waals surface area contributed by atoms with Gasteiger partial charge in [-0.2, -0.15) is 0 Å². The summed E-state index contributed by atoms with van der Waals surface area (Å²) >= 11 is 0. The molecule has 2 N–H and O–H groups in total. The molecule has 2 amide bonds. The number of rotatable bonds is 5. The van der Waals surface area contributed by atoms with Gasteiger partial charge in [-0.3, -0.25) is 19.7 Å². The lowest BCUT2D eigenvalue weighted by Crippen LogP contribution is -2.29. The zero-order valence-electron chi connectivity index (χ0n) is 9.80. The van der Waals surface area contributed by atoms with Crippen LogP contribution in [0, 0.1) is 10.1 Å². The highest BCUT2D eigenvalue weighted by atomic mass is 16.6. The molecule has 0 saturated carbocycles. The number of nitro benzene ring substituents is 1. The second-order valence-corrected chi connectivity index (χ2v) is 3.48. The molecule has 0 aromatic heterocycles. The van der Waals surface area contributed by atoms with Crippen LogP contribution in [0.2, 0.25) is 0 Å². The fourth-order valence-corrected chi connectivity index (χ4v) is 1.25. The van der Waals surface area contributed by atoms with E-state index in [0.717, 1.165) is 0 Å². The molecule has 18 heavy (non-hydrogen) atoms. The van der Waals surface area contributed by atoms with Crippen molar-refractivity contribution in [1.82, 2.24) is 10.6 Å². The van der Waals surface area contributed by atoms with E-state index in [9.17, 15) is 19.7 Å². The monoisotopic (exact) mass is 251 g/mol. The fraction of sp³-hybridized carbons (Fsp3) is 0.273. The van der Waals surface area contributed by atoms with Crippen molar-refractivity contribution in [2.75, 3.05) is 13.6 Å². The Kier molecular flexibility index (Phi) is 4.79. The van der Waals surface area contributed by atoms with E-state index >= 15 is 0 Å². The van der Waals surface area contributed by atoms with Crippen molar-refractivity contribution >= 4 is 17.5 Å². The molecule has 96 valence electrons. The average molecular weight is 251 g/mol. The summed E-state index contributed by atoms with van der Waals surface area (Å²) in [5, 5.41) is 15.4. The van der Waals surface area contributed by atoms with E-state index in [2.05, 4.69) is 10.6 Å². The SMILES string of the molecule is CNC(=O)CCNC(=O)c1ccc([N+](=O)[O-])cc1. The van der Waals surface area contributed by atoms with Crippen LogP contribution in [-0.2, 0) is 4.79 Å². The van der Waals surface area contributed by atoms with E-state index < -0.39 is 4.92 Å². The molecule has 1 rings (SSSR count). The number of hydrogen-bond acceptors (Lipinski definition) is 4. The third-order valence-electron chi connectivity index (χ3n) is 2.26. The molecule has 0 unspecified atom stereocenters. The topological polar surface area (TPSA) is 101 Å². The van der Waals surface area contributed by atoms with E-state index in [1.54, 1.807) is 0 Å². The quantitative estimate of drug-likeness (QED) is 0.586. The summed E-state index contributed by atoms with van der Waals surface area (Å²) in [5.41, 5.74) is 0.245. The van der Waals surface area contributed by atoms with E-state index in [4.69, 9.17) is 0 Å². The standard InChI is InChI=1S/C11H13N3O4/c1-12-10(15)6-7-13-11(16)8-2-4-9(5-3-8)14(17)18/h2-5H,6-7H2,1H3,(H,12,15)(H,13,16). The van der Waals surface area contributed by atoms with Gasteiger partial charge in [-0.05, 0) is 12.1 Å². The summed E-state index contributed by atoms with van der Waals surface area (Å²) in [5.74, 6) is -0.534. The molecule has 0 spiro atoms. The van der Waals surface area contributed by atoms with Gasteiger partial charge in [0.15, 0.2) is 0 Å². The Morgan fingerprint density at radius 2 is 1.89 bits per heavy atom. The lowest BCUT2D eigenvalue weighted by molar-refractivity contribution is -0.384. The molecule has 1 aromatic rings. The van der Waals surface area contributed by atoms with Gasteiger partial charge in [0, 0.05) is 37.7 Å². The summed E-state index contributed by atoms with van der Waals surface area (Å²) in [7, 11) is 1.51. The van der Waals surface area contributed by atoms with Crippen LogP contribution in [-0.4, -0.2) is 30.3 Å². The molecular weight excluding hydrogens is 238 g/mol. The van der Waals surface area contributed by atoms with Crippen molar-refractivity contribution < 1.29 is 14.5 Å². The number of carbonyl (C=O) groups excluding carboxylic acids is 2. The number of amides is 2. The van der Waals surface area contributed by atoms with Crippen LogP contribution >= 0.6 is 0 Å². The third kappa shape index (κ3) is 3.85. The summed E-state index contributed by atoms with van der Waals surface area (Å²) in [6.45, 7) is 0.218. The van der Waals surface area contributed by atoms with Crippen molar-refractivity contribution in [3.63, 3.8) is 0 Å². The Morgan fingerprint density at radius 3 is 2.39 bits per heavy atom. The van der Waals surface area contributed by atoms with E-state index in [1.165, 1.54) is 31.3 Å². The van der Waals surface area contributed by atoms with Gasteiger partial charge >= 0.3 is 0 Å². The predicted octanol–water partition coefficient (Wildman–Crippen LogP) is 0.461. The minimum absolute atomic E-state index is 0.0723. The fourth-order valence-electron chi connectivity index (χ4n) is 1.25. The van der Waals surface area contributed by atoms with Gasteiger partial charge in [-0.15, -0.1) is 0 Å². The minimum atomic E-state index is -0.534. The Morgan fingerprint density at radius 1 is 1.28 bits per heavy atom. The van der Waals surface area contributed by atoms with Gasteiger partial charge < -0.3 is 10.6 Å². The molecule has 0 fully saturated rings. The summed E-state index contributed by atoms with van der Waals surface area (Å²) < 4.78 is 0. The maximum absolute atomic E-state index is 11.6. The average Bonchev–Trinajstić information content (AvgIpc) is 2.38. The highest BCUT2D eigenvalue weighted by Gasteiger charge is 2.09. The van der Waals surface area contributed by atoms with Crippen LogP contribution in [0.5, 0.6) is 0 Å². The van der Waals surface area contributed by atoms with Gasteiger partial charge in [0.2, 0.25) is 5.91 Å². The first-order valence-electron chi connectivity index (χ1n) is 5.28. The molecule has 0 aliphatic carbocycles. The van der Waals surface area contributed by atoms with Crippen LogP contribution in [0.4, 0.5) is 5.69 Å². The number of nitrogens with one attached hydrogen (secondary N) is 2. The van der Waals surface area contributed by atoms with Gasteiger partial charge in [0.25, 0.3) is 11.6 Å². The van der Waals surface area contributed by atoms with Crippen molar-refractivity contribution in [3.05, 3.63) is 39.9 Å². The van der Waals surface area contributed by atoms with Gasteiger partial charge in [-0.1, -0.05) is 0 Å². The highest BCUT2D eigenvalue weighted by Crippen LogP contribution is 2.11. The molecular formula is C11H13N3O4. The Hall–Kier alpha value is -2.44. The predicted molar refractivity (Wildman–Crippen MR) is 64.1 cm³/mol. The molecule has 7 heteroatoms. The number of hydrogen-bond donors (Lipinski definition) is 2. The zero-order valence-corrected chi connectivity index (χ0v) is 9.80. The zero-order chi connectivity index (χ0) is 13.5. The van der Waals surface area contributed by atoms with Crippen LogP contribution in [0.25, 0.3) is 0 Å². The third-order valence-corrected chi connectivity index (χ3v) is 2.26. The summed E-state index contributed by atoms with van der Waals surface area (Å²) in [6, 6.07) is 5.25. The number of nitro groups is 1. The summed E-state index contributed by atoms with van der Waals surface area (Å²) in [4.78, 5) is 32.4. The van der Waals surface area contributed by atoms with Crippen LogP contribution in [0.3, 0.4) is 0 Å². The first-order valence-corrected chi connectivity index (χ1v) is 5.28. The van der Waals surface area contributed by atoms with Gasteiger partial charge in [0.05, 0.1) is 4.92 Å².